The van der Waals surface area contributed by atoms with Crippen molar-refractivity contribution in [2.24, 2.45) is 5.92 Å². The first-order chi connectivity index (χ1) is 9.98. The van der Waals surface area contributed by atoms with Gasteiger partial charge in [0.15, 0.2) is 9.84 Å². The first-order valence-electron chi connectivity index (χ1n) is 7.15. The average molecular weight is 313 g/mol. The molecule has 2 heterocycles. The lowest BCUT2D eigenvalue weighted by Crippen LogP contribution is -2.67. The summed E-state index contributed by atoms with van der Waals surface area (Å²) in [5.74, 6) is 0.0692. The van der Waals surface area contributed by atoms with E-state index >= 15 is 0 Å². The quantitative estimate of drug-likeness (QED) is 0.844. The van der Waals surface area contributed by atoms with Gasteiger partial charge in [0.1, 0.15) is 10.6 Å². The molecule has 1 aromatic rings. The van der Waals surface area contributed by atoms with E-state index in [0.29, 0.717) is 38.2 Å². The van der Waals surface area contributed by atoms with Crippen LogP contribution in [0.25, 0.3) is 0 Å². The fraction of sp³-hybridized carbons (Fsp3) is 0.600. The highest BCUT2D eigenvalue weighted by molar-refractivity contribution is 7.93. The first-order valence-corrected chi connectivity index (χ1v) is 8.81. The van der Waals surface area contributed by atoms with Gasteiger partial charge < -0.3 is 4.74 Å². The Kier molecular flexibility index (Phi) is 3.80. The molecular weight excluding hydrogens is 293 g/mol. The smallest absolute Gasteiger partial charge is 0.158 e. The number of ether oxygens (including phenoxy) is 1. The lowest BCUT2D eigenvalue weighted by Gasteiger charge is -2.50. The third-order valence-electron chi connectivity index (χ3n) is 4.80. The average Bonchev–Trinajstić information content (AvgIpc) is 2.65. The highest BCUT2D eigenvalue weighted by atomic mass is 32.2. The Hall–Kier alpha value is -0.980. The third kappa shape index (κ3) is 2.39. The van der Waals surface area contributed by atoms with E-state index in [0.717, 1.165) is 0 Å². The molecule has 2 aliphatic heterocycles. The molecule has 2 saturated heterocycles. The van der Waals surface area contributed by atoms with Crippen molar-refractivity contribution in [3.8, 4) is 0 Å². The lowest BCUT2D eigenvalue weighted by molar-refractivity contribution is 0.0405. The minimum Gasteiger partial charge on any atom is -0.384 e. The number of benzene rings is 1. The van der Waals surface area contributed by atoms with Crippen LogP contribution in [0, 0.1) is 11.7 Å². The number of hydrogen-bond acceptors (Lipinski definition) is 4. The molecule has 4 nitrogen and oxygen atoms in total. The molecule has 2 fully saturated rings. The zero-order valence-corrected chi connectivity index (χ0v) is 12.9. The van der Waals surface area contributed by atoms with Gasteiger partial charge >= 0.3 is 0 Å². The summed E-state index contributed by atoms with van der Waals surface area (Å²) in [5, 5.41) is 0. The van der Waals surface area contributed by atoms with Gasteiger partial charge in [-0.15, -0.1) is 0 Å². The van der Waals surface area contributed by atoms with Crippen LogP contribution in [0.5, 0.6) is 0 Å². The Morgan fingerprint density at radius 2 is 2.10 bits per heavy atom. The Balaban J connectivity index is 1.72. The summed E-state index contributed by atoms with van der Waals surface area (Å²) in [6.07, 6.45) is 0.670. The van der Waals surface area contributed by atoms with Crippen LogP contribution in [-0.2, 0) is 21.1 Å². The van der Waals surface area contributed by atoms with Crippen molar-refractivity contribution >= 4 is 9.84 Å². The summed E-state index contributed by atoms with van der Waals surface area (Å²) in [6, 6.07) is 6.64. The minimum atomic E-state index is -3.07. The van der Waals surface area contributed by atoms with Gasteiger partial charge in [-0.2, -0.15) is 0 Å². The molecule has 3 rings (SSSR count). The van der Waals surface area contributed by atoms with E-state index in [1.54, 1.807) is 25.3 Å². The number of rotatable bonds is 4. The highest BCUT2D eigenvalue weighted by Gasteiger charge is 2.61. The number of hydrogen-bond donors (Lipinski definition) is 0. The van der Waals surface area contributed by atoms with Crippen molar-refractivity contribution < 1.29 is 17.5 Å². The van der Waals surface area contributed by atoms with Gasteiger partial charge in [0.05, 0.1) is 12.4 Å². The van der Waals surface area contributed by atoms with Crippen LogP contribution in [0.3, 0.4) is 0 Å². The number of nitrogens with zero attached hydrogens (tertiary/aromatic N) is 1. The van der Waals surface area contributed by atoms with Crippen LogP contribution in [0.1, 0.15) is 12.0 Å². The van der Waals surface area contributed by atoms with E-state index in [9.17, 15) is 12.8 Å². The van der Waals surface area contributed by atoms with E-state index < -0.39 is 14.6 Å². The van der Waals surface area contributed by atoms with Crippen molar-refractivity contribution in [2.45, 2.75) is 17.7 Å². The Morgan fingerprint density at radius 1 is 1.38 bits per heavy atom. The third-order valence-corrected chi connectivity index (χ3v) is 7.40. The molecule has 0 N–H and O–H groups in total. The largest absolute Gasteiger partial charge is 0.384 e. The predicted octanol–water partition coefficient (Wildman–Crippen LogP) is 1.46. The molecule has 0 aliphatic carbocycles. The van der Waals surface area contributed by atoms with Gasteiger partial charge in [-0.25, -0.2) is 12.8 Å². The first kappa shape index (κ1) is 14.9. The highest BCUT2D eigenvalue weighted by Crippen LogP contribution is 2.45. The molecule has 0 aromatic heterocycles. The summed E-state index contributed by atoms with van der Waals surface area (Å²) < 4.78 is 42.9. The molecule has 21 heavy (non-hydrogen) atoms. The number of methoxy groups -OCH3 is 1. The van der Waals surface area contributed by atoms with Crippen molar-refractivity contribution in [3.05, 3.63) is 35.6 Å². The summed E-state index contributed by atoms with van der Waals surface area (Å²) >= 11 is 0. The Morgan fingerprint density at radius 3 is 2.76 bits per heavy atom. The number of likely N-dealkylation sites (tertiary alicyclic amines) is 1. The minimum absolute atomic E-state index is 0.0596. The standard InChI is InChI=1S/C15H20FNO3S/c1-20-9-13-6-7-21(18,19)15(13)10-17(11-15)8-12-4-2-3-5-14(12)16/h2-5,13H,6-11H2,1H3. The van der Waals surface area contributed by atoms with Crippen LogP contribution in [-0.4, -0.2) is 50.6 Å². The van der Waals surface area contributed by atoms with Gasteiger partial charge in [-0.3, -0.25) is 4.90 Å². The zero-order chi connectivity index (χ0) is 15.1. The van der Waals surface area contributed by atoms with Crippen LogP contribution in [0.15, 0.2) is 24.3 Å². The Bertz CT molecular complexity index is 626. The van der Waals surface area contributed by atoms with Crippen molar-refractivity contribution in [1.82, 2.24) is 4.90 Å². The molecular formula is C15H20FNO3S. The van der Waals surface area contributed by atoms with Crippen LogP contribution in [0.4, 0.5) is 4.39 Å². The van der Waals surface area contributed by atoms with Gasteiger partial charge in [0, 0.05) is 38.2 Å². The topological polar surface area (TPSA) is 46.6 Å². The molecule has 1 aromatic carbocycles. The summed E-state index contributed by atoms with van der Waals surface area (Å²) in [5.41, 5.74) is 0.617. The maximum Gasteiger partial charge on any atom is 0.158 e. The van der Waals surface area contributed by atoms with Gasteiger partial charge in [0.2, 0.25) is 0 Å². The van der Waals surface area contributed by atoms with Crippen LogP contribution < -0.4 is 0 Å². The molecule has 0 saturated carbocycles. The molecule has 116 valence electrons. The second-order valence-corrected chi connectivity index (χ2v) is 8.51. The van der Waals surface area contributed by atoms with E-state index in [1.807, 2.05) is 4.90 Å². The molecule has 2 aliphatic rings. The van der Waals surface area contributed by atoms with Crippen molar-refractivity contribution in [1.29, 1.82) is 0 Å². The van der Waals surface area contributed by atoms with Crippen molar-refractivity contribution in [2.75, 3.05) is 32.6 Å². The SMILES string of the molecule is COCC1CCS(=O)(=O)C12CN(Cc1ccccc1F)C2. The summed E-state index contributed by atoms with van der Waals surface area (Å²) in [6.45, 7) is 1.91. The molecule has 0 bridgehead atoms. The lowest BCUT2D eigenvalue weighted by atomic mass is 9.83. The summed E-state index contributed by atoms with van der Waals surface area (Å²) in [7, 11) is -1.47. The normalized spacial score (nSPS) is 26.9. The van der Waals surface area contributed by atoms with E-state index in [-0.39, 0.29) is 17.5 Å². The molecule has 0 amide bonds. The maximum absolute atomic E-state index is 13.7. The summed E-state index contributed by atoms with van der Waals surface area (Å²) in [4.78, 5) is 2.00. The molecule has 6 heteroatoms. The zero-order valence-electron chi connectivity index (χ0n) is 12.1. The van der Waals surface area contributed by atoms with E-state index in [1.165, 1.54) is 6.07 Å². The number of sulfone groups is 1. The maximum atomic E-state index is 13.7. The van der Waals surface area contributed by atoms with E-state index in [2.05, 4.69) is 0 Å². The molecule has 0 radical (unpaired) electrons. The second kappa shape index (κ2) is 5.34. The second-order valence-electron chi connectivity index (χ2n) is 6.06. The van der Waals surface area contributed by atoms with Gasteiger partial charge in [-0.1, -0.05) is 18.2 Å². The molecule has 1 unspecified atom stereocenters. The van der Waals surface area contributed by atoms with E-state index in [4.69, 9.17) is 4.74 Å². The Labute approximate surface area is 124 Å². The van der Waals surface area contributed by atoms with Crippen LogP contribution >= 0.6 is 0 Å². The predicted molar refractivity (Wildman–Crippen MR) is 78.2 cm³/mol. The molecule has 1 spiro atoms. The molecule has 1 atom stereocenters. The fourth-order valence-electron chi connectivity index (χ4n) is 3.60. The van der Waals surface area contributed by atoms with Gasteiger partial charge in [0.25, 0.3) is 0 Å². The van der Waals surface area contributed by atoms with Crippen molar-refractivity contribution in [3.63, 3.8) is 0 Å². The number of halogens is 1. The van der Waals surface area contributed by atoms with Gasteiger partial charge in [-0.05, 0) is 12.5 Å². The van der Waals surface area contributed by atoms with Crippen LogP contribution in [0.2, 0.25) is 0 Å². The fourth-order valence-corrected chi connectivity index (χ4v) is 6.05. The monoisotopic (exact) mass is 313 g/mol.